The normalized spacial score (nSPS) is 10.8. The van der Waals surface area contributed by atoms with E-state index in [-0.39, 0.29) is 0 Å². The van der Waals surface area contributed by atoms with E-state index >= 15 is 0 Å². The minimum atomic E-state index is 0.691. The van der Waals surface area contributed by atoms with Crippen LogP contribution in [0.25, 0.3) is 0 Å². The maximum Gasteiger partial charge on any atom is 0.141 e. The lowest BCUT2D eigenvalue weighted by atomic mass is 10.5. The average molecular weight is 174 g/mol. The average Bonchev–Trinajstić information content (AvgIpc) is 2.69. The van der Waals surface area contributed by atoms with Gasteiger partial charge in [-0.2, -0.15) is 5.10 Å². The Morgan fingerprint density at radius 1 is 1.23 bits per heavy atom. The first-order valence-electron chi connectivity index (χ1n) is 3.60. The van der Waals surface area contributed by atoms with E-state index in [2.05, 4.69) is 25.3 Å². The maximum absolute atomic E-state index is 4.01. The summed E-state index contributed by atoms with van der Waals surface area (Å²) < 4.78 is 1.48. The number of hydrogen-bond acceptors (Lipinski definition) is 5. The molecule has 2 heterocycles. The van der Waals surface area contributed by atoms with Crippen molar-refractivity contribution in [2.45, 2.75) is 0 Å². The van der Waals surface area contributed by atoms with Gasteiger partial charge in [0.05, 0.1) is 12.4 Å². The topological polar surface area (TPSA) is 68.8 Å². The van der Waals surface area contributed by atoms with E-state index in [1.165, 1.54) is 17.3 Å². The number of rotatable bonds is 2. The minimum absolute atomic E-state index is 0.691. The van der Waals surface area contributed by atoms with Crippen molar-refractivity contribution >= 4 is 6.21 Å². The first-order chi connectivity index (χ1) is 6.45. The van der Waals surface area contributed by atoms with E-state index in [9.17, 15) is 0 Å². The second-order valence-electron chi connectivity index (χ2n) is 2.22. The summed E-state index contributed by atoms with van der Waals surface area (Å²) in [5.41, 5.74) is 0.691. The van der Waals surface area contributed by atoms with Crippen LogP contribution in [-0.2, 0) is 0 Å². The predicted molar refractivity (Wildman–Crippen MR) is 45.0 cm³/mol. The zero-order chi connectivity index (χ0) is 8.93. The summed E-state index contributed by atoms with van der Waals surface area (Å²) in [4.78, 5) is 7.90. The van der Waals surface area contributed by atoms with Crippen LogP contribution in [0.3, 0.4) is 0 Å². The van der Waals surface area contributed by atoms with Gasteiger partial charge in [-0.3, -0.25) is 9.97 Å². The molecule has 0 aliphatic rings. The lowest BCUT2D eigenvalue weighted by Crippen LogP contribution is -1.90. The molecule has 2 aromatic heterocycles. The Balaban J connectivity index is 2.15. The highest BCUT2D eigenvalue weighted by molar-refractivity contribution is 5.75. The molecule has 0 unspecified atom stereocenters. The maximum atomic E-state index is 4.01. The summed E-state index contributed by atoms with van der Waals surface area (Å²) in [5, 5.41) is 11.2. The van der Waals surface area contributed by atoms with Gasteiger partial charge in [-0.15, -0.1) is 10.2 Å². The van der Waals surface area contributed by atoms with Gasteiger partial charge in [-0.25, -0.2) is 4.68 Å². The third-order valence-electron chi connectivity index (χ3n) is 1.31. The molecule has 0 aromatic carbocycles. The van der Waals surface area contributed by atoms with Crippen LogP contribution in [-0.4, -0.2) is 31.1 Å². The molecule has 0 spiro atoms. The van der Waals surface area contributed by atoms with Gasteiger partial charge in [0, 0.05) is 12.4 Å². The van der Waals surface area contributed by atoms with E-state index in [0.717, 1.165) is 0 Å². The van der Waals surface area contributed by atoms with Crippen LogP contribution in [0.5, 0.6) is 0 Å². The molecule has 6 heteroatoms. The number of aromatic nitrogens is 5. The number of nitrogens with zero attached hydrogens (tertiary/aromatic N) is 6. The van der Waals surface area contributed by atoms with E-state index in [1.807, 2.05) is 0 Å². The lowest BCUT2D eigenvalue weighted by molar-refractivity contribution is 0.877. The highest BCUT2D eigenvalue weighted by Gasteiger charge is 1.87. The van der Waals surface area contributed by atoms with Crippen LogP contribution >= 0.6 is 0 Å². The first-order valence-corrected chi connectivity index (χ1v) is 3.60. The predicted octanol–water partition coefficient (Wildman–Crippen LogP) is -0.0497. The van der Waals surface area contributed by atoms with E-state index in [0.29, 0.717) is 5.69 Å². The molecule has 0 bridgehead atoms. The monoisotopic (exact) mass is 174 g/mol. The van der Waals surface area contributed by atoms with Gasteiger partial charge in [0.15, 0.2) is 0 Å². The van der Waals surface area contributed by atoms with Crippen molar-refractivity contribution in [3.8, 4) is 0 Å². The van der Waals surface area contributed by atoms with Gasteiger partial charge in [-0.1, -0.05) is 0 Å². The molecule has 0 N–H and O–H groups in total. The summed E-state index contributed by atoms with van der Waals surface area (Å²) in [5.74, 6) is 0. The van der Waals surface area contributed by atoms with Crippen LogP contribution < -0.4 is 0 Å². The van der Waals surface area contributed by atoms with Gasteiger partial charge >= 0.3 is 0 Å². The van der Waals surface area contributed by atoms with Gasteiger partial charge in [0.2, 0.25) is 0 Å². The van der Waals surface area contributed by atoms with Gasteiger partial charge in [0.1, 0.15) is 18.3 Å². The van der Waals surface area contributed by atoms with Gasteiger partial charge < -0.3 is 0 Å². The van der Waals surface area contributed by atoms with Crippen molar-refractivity contribution in [2.24, 2.45) is 5.10 Å². The Morgan fingerprint density at radius 2 is 2.08 bits per heavy atom. The molecule has 2 aromatic rings. The van der Waals surface area contributed by atoms with Crippen molar-refractivity contribution in [1.29, 1.82) is 0 Å². The van der Waals surface area contributed by atoms with Crippen LogP contribution in [0.2, 0.25) is 0 Å². The summed E-state index contributed by atoms with van der Waals surface area (Å²) in [6, 6.07) is 0. The van der Waals surface area contributed by atoms with Crippen LogP contribution in [0.4, 0.5) is 0 Å². The van der Waals surface area contributed by atoms with Crippen LogP contribution in [0.1, 0.15) is 5.69 Å². The first kappa shape index (κ1) is 7.53. The molecule has 0 aliphatic carbocycles. The van der Waals surface area contributed by atoms with Crippen molar-refractivity contribution in [1.82, 2.24) is 24.8 Å². The van der Waals surface area contributed by atoms with E-state index in [4.69, 9.17) is 0 Å². The Labute approximate surface area is 74.0 Å². The lowest BCUT2D eigenvalue weighted by Gasteiger charge is -1.89. The Morgan fingerprint density at radius 3 is 2.77 bits per heavy atom. The Hall–Kier alpha value is -2.11. The Kier molecular flexibility index (Phi) is 2.04. The SMILES string of the molecule is C(=N\n1cnnc1)/c1cnccn1. The molecule has 0 fully saturated rings. The second kappa shape index (κ2) is 3.53. The molecular weight excluding hydrogens is 168 g/mol. The fourth-order valence-electron chi connectivity index (χ4n) is 0.758. The highest BCUT2D eigenvalue weighted by Crippen LogP contribution is 1.86. The summed E-state index contributed by atoms with van der Waals surface area (Å²) in [6.45, 7) is 0. The molecule has 0 saturated heterocycles. The molecular formula is C7H6N6. The fourth-order valence-corrected chi connectivity index (χ4v) is 0.758. The van der Waals surface area contributed by atoms with Crippen LogP contribution in [0, 0.1) is 0 Å². The molecule has 6 nitrogen and oxygen atoms in total. The van der Waals surface area contributed by atoms with Crippen LogP contribution in [0.15, 0.2) is 36.3 Å². The molecule has 2 rings (SSSR count). The summed E-state index contributed by atoms with van der Waals surface area (Å²) in [7, 11) is 0. The number of hydrogen-bond donors (Lipinski definition) is 0. The molecule has 0 radical (unpaired) electrons. The summed E-state index contributed by atoms with van der Waals surface area (Å²) >= 11 is 0. The zero-order valence-electron chi connectivity index (χ0n) is 6.65. The molecule has 0 amide bonds. The second-order valence-corrected chi connectivity index (χ2v) is 2.22. The molecule has 13 heavy (non-hydrogen) atoms. The van der Waals surface area contributed by atoms with Gasteiger partial charge in [0.25, 0.3) is 0 Å². The van der Waals surface area contributed by atoms with E-state index < -0.39 is 0 Å². The molecule has 64 valence electrons. The Bertz CT molecular complexity index is 379. The third kappa shape index (κ3) is 1.92. The molecule has 0 saturated carbocycles. The minimum Gasteiger partial charge on any atom is -0.261 e. The van der Waals surface area contributed by atoms with Gasteiger partial charge in [-0.05, 0) is 0 Å². The zero-order valence-corrected chi connectivity index (χ0v) is 6.65. The summed E-state index contributed by atoms with van der Waals surface area (Å²) in [6.07, 6.45) is 9.40. The van der Waals surface area contributed by atoms with Crippen molar-refractivity contribution in [3.05, 3.63) is 36.9 Å². The molecule has 0 aliphatic heterocycles. The smallest absolute Gasteiger partial charge is 0.141 e. The molecule has 0 atom stereocenters. The van der Waals surface area contributed by atoms with E-state index in [1.54, 1.807) is 24.8 Å². The fraction of sp³-hybridized carbons (Fsp3) is 0. The third-order valence-corrected chi connectivity index (χ3v) is 1.31. The largest absolute Gasteiger partial charge is 0.261 e. The standard InChI is InChI=1S/C7H6N6/c1-2-9-7(3-8-1)4-12-13-5-10-11-6-13/h1-6H/b12-4+. The van der Waals surface area contributed by atoms with Crippen molar-refractivity contribution in [3.63, 3.8) is 0 Å². The quantitative estimate of drug-likeness (QED) is 0.598. The highest BCUT2D eigenvalue weighted by atomic mass is 15.4. The van der Waals surface area contributed by atoms with Crippen molar-refractivity contribution < 1.29 is 0 Å². The van der Waals surface area contributed by atoms with Crippen molar-refractivity contribution in [2.75, 3.05) is 0 Å².